The molecule has 0 spiro atoms. The van der Waals surface area contributed by atoms with E-state index in [2.05, 4.69) is 18.9 Å². The summed E-state index contributed by atoms with van der Waals surface area (Å²) in [7, 11) is 0. The summed E-state index contributed by atoms with van der Waals surface area (Å²) in [6.07, 6.45) is 2.21. The zero-order chi connectivity index (χ0) is 12.4. The Hall–Kier alpha value is -0.680. The van der Waals surface area contributed by atoms with Gasteiger partial charge in [0.05, 0.1) is 11.4 Å². The Bertz CT molecular complexity index is 383. The number of thioether (sulfide) groups is 1. The minimum atomic E-state index is 0.355. The Morgan fingerprint density at radius 2 is 2.06 bits per heavy atom. The van der Waals surface area contributed by atoms with Crippen molar-refractivity contribution in [1.29, 1.82) is 0 Å². The van der Waals surface area contributed by atoms with Gasteiger partial charge in [0.15, 0.2) is 0 Å². The number of hydrogen-bond donors (Lipinski definition) is 1. The molecular formula is C12H21N3OS. The van der Waals surface area contributed by atoms with E-state index < -0.39 is 0 Å². The van der Waals surface area contributed by atoms with Gasteiger partial charge in [0.1, 0.15) is 5.03 Å². The van der Waals surface area contributed by atoms with Crippen molar-refractivity contribution >= 4 is 17.4 Å². The molecule has 5 heteroatoms. The summed E-state index contributed by atoms with van der Waals surface area (Å²) < 4.78 is 7.43. The number of nitrogens with zero attached hydrogens (tertiary/aromatic N) is 2. The zero-order valence-corrected chi connectivity index (χ0v) is 11.6. The maximum atomic E-state index is 6.12. The highest BCUT2D eigenvalue weighted by atomic mass is 32.2. The zero-order valence-electron chi connectivity index (χ0n) is 10.8. The number of nitrogen functional groups attached to an aromatic ring is 1. The second-order valence-electron chi connectivity index (χ2n) is 4.77. The molecule has 2 N–H and O–H groups in total. The highest BCUT2D eigenvalue weighted by Crippen LogP contribution is 2.36. The first-order chi connectivity index (χ1) is 8.09. The van der Waals surface area contributed by atoms with Crippen LogP contribution in [0.5, 0.6) is 0 Å². The van der Waals surface area contributed by atoms with Gasteiger partial charge in [-0.15, -0.1) is 11.8 Å². The van der Waals surface area contributed by atoms with E-state index in [1.807, 2.05) is 23.4 Å². The van der Waals surface area contributed by atoms with E-state index in [1.165, 1.54) is 0 Å². The number of aromatic nitrogens is 2. The molecular weight excluding hydrogens is 234 g/mol. The summed E-state index contributed by atoms with van der Waals surface area (Å²) in [5.74, 6) is 0. The maximum Gasteiger partial charge on any atom is 0.118 e. The van der Waals surface area contributed by atoms with Crippen LogP contribution in [-0.4, -0.2) is 28.2 Å². The number of rotatable bonds is 3. The Balaban J connectivity index is 2.18. The fourth-order valence-corrected chi connectivity index (χ4v) is 3.34. The van der Waals surface area contributed by atoms with E-state index in [4.69, 9.17) is 10.5 Å². The SMILES string of the molecule is Cc1nn(C(C)C)c(SC2CCOCC2)c1N. The quantitative estimate of drug-likeness (QED) is 0.902. The highest BCUT2D eigenvalue weighted by Gasteiger charge is 2.21. The third kappa shape index (κ3) is 2.77. The summed E-state index contributed by atoms with van der Waals surface area (Å²) in [4.78, 5) is 0. The van der Waals surface area contributed by atoms with E-state index in [-0.39, 0.29) is 0 Å². The molecule has 96 valence electrons. The topological polar surface area (TPSA) is 53.1 Å². The predicted molar refractivity (Wildman–Crippen MR) is 71.5 cm³/mol. The van der Waals surface area contributed by atoms with Crippen LogP contribution in [0.3, 0.4) is 0 Å². The van der Waals surface area contributed by atoms with Gasteiger partial charge in [-0.1, -0.05) is 0 Å². The van der Waals surface area contributed by atoms with Gasteiger partial charge in [0.25, 0.3) is 0 Å². The van der Waals surface area contributed by atoms with Crippen molar-refractivity contribution in [3.8, 4) is 0 Å². The number of aryl methyl sites for hydroxylation is 1. The standard InChI is InChI=1S/C12H21N3OS/c1-8(2)15-12(11(13)9(3)14-15)17-10-4-6-16-7-5-10/h8,10H,4-7,13H2,1-3H3. The molecule has 0 aromatic carbocycles. The van der Waals surface area contributed by atoms with E-state index in [0.29, 0.717) is 11.3 Å². The van der Waals surface area contributed by atoms with E-state index in [1.54, 1.807) is 0 Å². The number of ether oxygens (including phenoxy) is 1. The fourth-order valence-electron chi connectivity index (χ4n) is 1.96. The predicted octanol–water partition coefficient (Wildman–Crippen LogP) is 2.63. The largest absolute Gasteiger partial charge is 0.395 e. The van der Waals surface area contributed by atoms with Crippen LogP contribution in [0.2, 0.25) is 0 Å². The fraction of sp³-hybridized carbons (Fsp3) is 0.750. The summed E-state index contributed by atoms with van der Waals surface area (Å²) in [6.45, 7) is 7.99. The summed E-state index contributed by atoms with van der Waals surface area (Å²) in [5, 5.41) is 6.25. The minimum absolute atomic E-state index is 0.355. The maximum absolute atomic E-state index is 6.12. The van der Waals surface area contributed by atoms with Gasteiger partial charge < -0.3 is 10.5 Å². The molecule has 0 aliphatic carbocycles. The van der Waals surface area contributed by atoms with Crippen LogP contribution in [0.1, 0.15) is 38.4 Å². The van der Waals surface area contributed by atoms with Crippen molar-refractivity contribution in [2.24, 2.45) is 0 Å². The molecule has 4 nitrogen and oxygen atoms in total. The van der Waals surface area contributed by atoms with Crippen molar-refractivity contribution in [3.05, 3.63) is 5.69 Å². The van der Waals surface area contributed by atoms with Gasteiger partial charge in [0.2, 0.25) is 0 Å². The molecule has 0 bridgehead atoms. The summed E-state index contributed by atoms with van der Waals surface area (Å²) in [5.41, 5.74) is 7.90. The average molecular weight is 255 g/mol. The van der Waals surface area contributed by atoms with Crippen molar-refractivity contribution < 1.29 is 4.74 Å². The molecule has 0 atom stereocenters. The number of anilines is 1. The van der Waals surface area contributed by atoms with Crippen LogP contribution in [0.25, 0.3) is 0 Å². The van der Waals surface area contributed by atoms with Crippen molar-refractivity contribution in [3.63, 3.8) is 0 Å². The Kier molecular flexibility index (Phi) is 3.99. The van der Waals surface area contributed by atoms with E-state index >= 15 is 0 Å². The van der Waals surface area contributed by atoms with Crippen LogP contribution in [-0.2, 0) is 4.74 Å². The molecule has 1 fully saturated rings. The van der Waals surface area contributed by atoms with Crippen LogP contribution in [0.15, 0.2) is 5.03 Å². The average Bonchev–Trinajstić information content (AvgIpc) is 2.59. The Morgan fingerprint density at radius 1 is 1.41 bits per heavy atom. The lowest BCUT2D eigenvalue weighted by Crippen LogP contribution is -2.18. The first kappa shape index (κ1) is 12.8. The molecule has 2 rings (SSSR count). The molecule has 1 aromatic heterocycles. The highest BCUT2D eigenvalue weighted by molar-refractivity contribution is 8.00. The Labute approximate surface area is 107 Å². The first-order valence-corrected chi connectivity index (χ1v) is 7.06. The van der Waals surface area contributed by atoms with Crippen LogP contribution < -0.4 is 5.73 Å². The van der Waals surface area contributed by atoms with Gasteiger partial charge in [-0.2, -0.15) is 5.10 Å². The molecule has 0 amide bonds. The van der Waals surface area contributed by atoms with Gasteiger partial charge in [-0.3, -0.25) is 4.68 Å². The Morgan fingerprint density at radius 3 is 2.65 bits per heavy atom. The van der Waals surface area contributed by atoms with Gasteiger partial charge in [-0.25, -0.2) is 0 Å². The van der Waals surface area contributed by atoms with E-state index in [9.17, 15) is 0 Å². The van der Waals surface area contributed by atoms with E-state index in [0.717, 1.165) is 42.5 Å². The minimum Gasteiger partial charge on any atom is -0.395 e. The summed E-state index contributed by atoms with van der Waals surface area (Å²) >= 11 is 1.86. The van der Waals surface area contributed by atoms with Crippen molar-refractivity contribution in [2.45, 2.75) is 49.9 Å². The van der Waals surface area contributed by atoms with Crippen LogP contribution >= 0.6 is 11.8 Å². The second kappa shape index (κ2) is 5.31. The molecule has 1 aromatic rings. The molecule has 0 saturated carbocycles. The van der Waals surface area contributed by atoms with Gasteiger partial charge in [-0.05, 0) is 33.6 Å². The molecule has 0 unspecified atom stereocenters. The molecule has 17 heavy (non-hydrogen) atoms. The van der Waals surface area contributed by atoms with Gasteiger partial charge >= 0.3 is 0 Å². The third-order valence-electron chi connectivity index (χ3n) is 3.02. The molecule has 2 heterocycles. The van der Waals surface area contributed by atoms with Crippen LogP contribution in [0, 0.1) is 6.92 Å². The molecule has 1 aliphatic heterocycles. The van der Waals surface area contributed by atoms with Crippen LogP contribution in [0.4, 0.5) is 5.69 Å². The molecule has 1 aliphatic rings. The lowest BCUT2D eigenvalue weighted by molar-refractivity contribution is 0.0999. The lowest BCUT2D eigenvalue weighted by Gasteiger charge is -2.22. The first-order valence-electron chi connectivity index (χ1n) is 6.18. The third-order valence-corrected chi connectivity index (χ3v) is 4.46. The van der Waals surface area contributed by atoms with Crippen molar-refractivity contribution in [1.82, 2.24) is 9.78 Å². The number of nitrogens with two attached hydrogens (primary N) is 1. The molecule has 0 radical (unpaired) electrons. The normalized spacial score (nSPS) is 17.9. The second-order valence-corrected chi connectivity index (χ2v) is 6.06. The van der Waals surface area contributed by atoms with Crippen molar-refractivity contribution in [2.75, 3.05) is 18.9 Å². The lowest BCUT2D eigenvalue weighted by atomic mass is 10.2. The molecule has 1 saturated heterocycles. The number of hydrogen-bond acceptors (Lipinski definition) is 4. The smallest absolute Gasteiger partial charge is 0.118 e. The summed E-state index contributed by atoms with van der Waals surface area (Å²) in [6, 6.07) is 0.355. The van der Waals surface area contributed by atoms with Gasteiger partial charge in [0, 0.05) is 24.5 Å². The monoisotopic (exact) mass is 255 g/mol.